The number of benzene rings is 1. The first-order chi connectivity index (χ1) is 9.06. The van der Waals surface area contributed by atoms with Crippen LogP contribution in [0.15, 0.2) is 28.7 Å². The maximum atomic E-state index is 11.8. The lowest BCUT2D eigenvalue weighted by Crippen LogP contribution is -2.40. The number of rotatable bonds is 1. The highest BCUT2D eigenvalue weighted by Crippen LogP contribution is 2.30. The van der Waals surface area contributed by atoms with Crippen LogP contribution in [0.25, 0.3) is 10.9 Å². The molecule has 2 heterocycles. The van der Waals surface area contributed by atoms with Crippen molar-refractivity contribution in [3.05, 3.63) is 34.4 Å². The Morgan fingerprint density at radius 2 is 2.11 bits per heavy atom. The van der Waals surface area contributed by atoms with Gasteiger partial charge in [-0.25, -0.2) is 0 Å². The lowest BCUT2D eigenvalue weighted by Gasteiger charge is -2.20. The number of imide groups is 1. The van der Waals surface area contributed by atoms with Gasteiger partial charge < -0.3 is 5.21 Å². The van der Waals surface area contributed by atoms with Crippen LogP contribution in [0.3, 0.4) is 0 Å². The topological polar surface area (TPSA) is 71.3 Å². The third-order valence-corrected chi connectivity index (χ3v) is 3.86. The zero-order chi connectivity index (χ0) is 13.6. The van der Waals surface area contributed by atoms with Gasteiger partial charge in [0, 0.05) is 16.3 Å². The zero-order valence-corrected chi connectivity index (χ0v) is 11.5. The molecule has 1 aliphatic heterocycles. The number of fused-ring (bicyclic) bond motifs is 1. The third-order valence-electron chi connectivity index (χ3n) is 3.36. The van der Waals surface area contributed by atoms with Crippen molar-refractivity contribution in [3.8, 4) is 0 Å². The number of nitrogens with zero attached hydrogens (tertiary/aromatic N) is 1. The fraction of sp³-hybridized carbons (Fsp3) is 0.231. The molecule has 1 atom stereocenters. The first-order valence-electron chi connectivity index (χ1n) is 5.90. The van der Waals surface area contributed by atoms with Crippen LogP contribution in [-0.4, -0.2) is 21.8 Å². The predicted octanol–water partition coefficient (Wildman–Crippen LogP) is 2.16. The Bertz CT molecular complexity index is 692. The minimum atomic E-state index is -0.492. The number of aromatic nitrogens is 1. The molecule has 1 aromatic carbocycles. The molecule has 0 bridgehead atoms. The Morgan fingerprint density at radius 3 is 2.84 bits per heavy atom. The summed E-state index contributed by atoms with van der Waals surface area (Å²) in [6, 6.07) is 7.25. The minimum Gasteiger partial charge on any atom is -0.428 e. The lowest BCUT2D eigenvalue weighted by atomic mass is 9.95. The number of amides is 2. The van der Waals surface area contributed by atoms with Gasteiger partial charge in [0.15, 0.2) is 0 Å². The summed E-state index contributed by atoms with van der Waals surface area (Å²) in [6.07, 6.45) is 0.713. The lowest BCUT2D eigenvalue weighted by molar-refractivity contribution is -0.134. The van der Waals surface area contributed by atoms with Crippen LogP contribution in [0.4, 0.5) is 0 Å². The molecular weight excluding hydrogens is 312 g/mol. The molecule has 2 N–H and O–H groups in total. The van der Waals surface area contributed by atoms with Gasteiger partial charge in [0.2, 0.25) is 11.8 Å². The number of hydrogen-bond acceptors (Lipinski definition) is 3. The number of hydrogen-bond donors (Lipinski definition) is 2. The molecule has 5 nitrogen and oxygen atoms in total. The molecule has 1 unspecified atom stereocenters. The molecule has 0 aliphatic carbocycles. The van der Waals surface area contributed by atoms with Crippen LogP contribution < -0.4 is 5.32 Å². The molecule has 19 heavy (non-hydrogen) atoms. The summed E-state index contributed by atoms with van der Waals surface area (Å²) < 4.78 is 1.93. The van der Waals surface area contributed by atoms with E-state index in [-0.39, 0.29) is 11.8 Å². The molecule has 98 valence electrons. The average molecular weight is 323 g/mol. The second-order valence-electron chi connectivity index (χ2n) is 4.59. The van der Waals surface area contributed by atoms with Gasteiger partial charge in [-0.05, 0) is 30.7 Å². The van der Waals surface area contributed by atoms with E-state index >= 15 is 0 Å². The second-order valence-corrected chi connectivity index (χ2v) is 5.50. The average Bonchev–Trinajstić information content (AvgIpc) is 2.66. The van der Waals surface area contributed by atoms with E-state index in [9.17, 15) is 14.8 Å². The minimum absolute atomic E-state index is 0.260. The van der Waals surface area contributed by atoms with E-state index in [4.69, 9.17) is 0 Å². The monoisotopic (exact) mass is 322 g/mol. The van der Waals surface area contributed by atoms with E-state index in [0.717, 1.165) is 14.6 Å². The van der Waals surface area contributed by atoms with E-state index < -0.39 is 5.92 Å². The molecule has 1 aromatic heterocycles. The molecule has 6 heteroatoms. The maximum absolute atomic E-state index is 11.8. The Labute approximate surface area is 117 Å². The van der Waals surface area contributed by atoms with Crippen LogP contribution in [0.5, 0.6) is 0 Å². The Kier molecular flexibility index (Phi) is 2.82. The summed E-state index contributed by atoms with van der Waals surface area (Å²) >= 11 is 3.37. The normalized spacial score (nSPS) is 19.7. The zero-order valence-electron chi connectivity index (χ0n) is 9.89. The molecule has 0 radical (unpaired) electrons. The smallest absolute Gasteiger partial charge is 0.235 e. The summed E-state index contributed by atoms with van der Waals surface area (Å²) in [6.45, 7) is 0. The van der Waals surface area contributed by atoms with Gasteiger partial charge in [0.1, 0.15) is 0 Å². The molecule has 0 spiro atoms. The summed E-state index contributed by atoms with van der Waals surface area (Å²) in [5.41, 5.74) is 1.15. The van der Waals surface area contributed by atoms with Gasteiger partial charge in [-0.3, -0.25) is 14.9 Å². The molecule has 1 saturated heterocycles. The van der Waals surface area contributed by atoms with Crippen LogP contribution in [-0.2, 0) is 9.59 Å². The van der Waals surface area contributed by atoms with Crippen LogP contribution in [0.2, 0.25) is 0 Å². The van der Waals surface area contributed by atoms with Gasteiger partial charge in [-0.1, -0.05) is 15.9 Å². The van der Waals surface area contributed by atoms with E-state index in [2.05, 4.69) is 21.2 Å². The molecule has 2 aromatic rings. The first-order valence-corrected chi connectivity index (χ1v) is 6.69. The first kappa shape index (κ1) is 12.2. The van der Waals surface area contributed by atoms with Gasteiger partial charge >= 0.3 is 0 Å². The number of piperidine rings is 1. The predicted molar refractivity (Wildman–Crippen MR) is 71.9 cm³/mol. The highest BCUT2D eigenvalue weighted by Gasteiger charge is 2.31. The largest absolute Gasteiger partial charge is 0.428 e. The fourth-order valence-electron chi connectivity index (χ4n) is 2.42. The van der Waals surface area contributed by atoms with Crippen molar-refractivity contribution in [2.45, 2.75) is 18.8 Å². The van der Waals surface area contributed by atoms with Crippen molar-refractivity contribution in [1.29, 1.82) is 0 Å². The standard InChI is InChI=1S/C13H11BrN2O3/c14-8-1-3-10-7(5-8)6-11(16(10)19)9-2-4-12(17)15-13(9)18/h1,3,5-6,9,19H,2,4H2,(H,15,17,18). The number of nitrogens with one attached hydrogen (secondary N) is 1. The van der Waals surface area contributed by atoms with Crippen LogP contribution >= 0.6 is 15.9 Å². The summed E-state index contributed by atoms with van der Waals surface area (Å²) in [5, 5.41) is 13.3. The number of carbonyl (C=O) groups is 2. The Balaban J connectivity index is 2.07. The van der Waals surface area contributed by atoms with Crippen LogP contribution in [0.1, 0.15) is 24.5 Å². The van der Waals surface area contributed by atoms with Crippen molar-refractivity contribution in [3.63, 3.8) is 0 Å². The quantitative estimate of drug-likeness (QED) is 0.624. The molecule has 2 amide bonds. The summed E-state index contributed by atoms with van der Waals surface area (Å²) in [5.74, 6) is -1.10. The van der Waals surface area contributed by atoms with Gasteiger partial charge in [0.25, 0.3) is 0 Å². The molecule has 0 saturated carbocycles. The van der Waals surface area contributed by atoms with E-state index in [0.29, 0.717) is 24.1 Å². The fourth-order valence-corrected chi connectivity index (χ4v) is 2.80. The molecule has 1 fully saturated rings. The molecule has 1 aliphatic rings. The van der Waals surface area contributed by atoms with Crippen molar-refractivity contribution in [2.75, 3.05) is 0 Å². The van der Waals surface area contributed by atoms with Crippen LogP contribution in [0, 0.1) is 0 Å². The summed E-state index contributed by atoms with van der Waals surface area (Å²) in [7, 11) is 0. The van der Waals surface area contributed by atoms with Crippen molar-refractivity contribution in [1.82, 2.24) is 10.0 Å². The van der Waals surface area contributed by atoms with Gasteiger partial charge in [-0.15, -0.1) is 0 Å². The van der Waals surface area contributed by atoms with E-state index in [1.54, 1.807) is 12.1 Å². The van der Waals surface area contributed by atoms with Crippen molar-refractivity contribution in [2.24, 2.45) is 0 Å². The van der Waals surface area contributed by atoms with Gasteiger partial charge in [-0.2, -0.15) is 4.73 Å². The van der Waals surface area contributed by atoms with Gasteiger partial charge in [0.05, 0.1) is 17.1 Å². The van der Waals surface area contributed by atoms with Crippen molar-refractivity contribution >= 4 is 38.6 Å². The molecule has 3 rings (SSSR count). The Morgan fingerprint density at radius 1 is 1.32 bits per heavy atom. The number of halogens is 1. The van der Waals surface area contributed by atoms with Crippen molar-refractivity contribution < 1.29 is 14.8 Å². The third kappa shape index (κ3) is 2.02. The highest BCUT2D eigenvalue weighted by molar-refractivity contribution is 9.10. The highest BCUT2D eigenvalue weighted by atomic mass is 79.9. The second kappa shape index (κ2) is 4.38. The number of carbonyl (C=O) groups excluding carboxylic acids is 2. The maximum Gasteiger partial charge on any atom is 0.235 e. The van der Waals surface area contributed by atoms with E-state index in [1.807, 2.05) is 12.1 Å². The summed E-state index contributed by atoms with van der Waals surface area (Å²) in [4.78, 5) is 23.0. The SMILES string of the molecule is O=C1CCC(c2cc3cc(Br)ccc3n2O)C(=O)N1. The van der Waals surface area contributed by atoms with E-state index in [1.165, 1.54) is 0 Å². The Hall–Kier alpha value is -1.82. The molecular formula is C13H11BrN2O3.